The van der Waals surface area contributed by atoms with Crippen LogP contribution in [-0.2, 0) is 49.9 Å². The Morgan fingerprint density at radius 1 is 1.11 bits per heavy atom. The molecule has 13 nitrogen and oxygen atoms in total. The lowest BCUT2D eigenvalue weighted by Gasteiger charge is -2.36. The van der Waals surface area contributed by atoms with Crippen LogP contribution in [0.1, 0.15) is 70.6 Å². The van der Waals surface area contributed by atoms with Gasteiger partial charge >= 0.3 is 5.97 Å². The molecule has 334 valence electrons. The summed E-state index contributed by atoms with van der Waals surface area (Å²) in [4.78, 5) is 51.6. The molecule has 3 aliphatic heterocycles. The number of methoxy groups -OCH3 is 1. The molecule has 4 aromatic rings. The van der Waals surface area contributed by atoms with Gasteiger partial charge in [0.25, 0.3) is 0 Å². The molecule has 2 saturated heterocycles. The molecule has 3 N–H and O–H groups in total. The summed E-state index contributed by atoms with van der Waals surface area (Å²) in [5.41, 5.74) is 10.5. The summed E-state index contributed by atoms with van der Waals surface area (Å²) in [7, 11) is 5.85. The largest absolute Gasteiger partial charge is 0.508 e. The number of aryl methyl sites for hydroxylation is 1. The molecule has 2 aromatic heterocycles. The number of hydrogen-bond acceptors (Lipinski definition) is 10. The monoisotopic (exact) mass is 850 g/mol. The SMILES string of the molecule is CCn1c(-c2cnccc2COC)c2c3cc(ccc31)-c1cc(O)cc(c1)C[C@H](CNC(=O)[C@H](C(C)C)N(C)C[C@H]1CCN(C)C1)C(=O)N1CCC[C@H](N1)C(=O)OCC(C)(C)C2. The van der Waals surface area contributed by atoms with Crippen molar-refractivity contribution < 1.29 is 29.0 Å². The highest BCUT2D eigenvalue weighted by Gasteiger charge is 2.36. The van der Waals surface area contributed by atoms with Crippen LogP contribution in [0.25, 0.3) is 33.3 Å². The summed E-state index contributed by atoms with van der Waals surface area (Å²) in [6.45, 7) is 15.2. The number of carbonyl (C=O) groups excluding carboxylic acids is 3. The van der Waals surface area contributed by atoms with Gasteiger partial charge in [0.2, 0.25) is 11.8 Å². The first-order chi connectivity index (χ1) is 29.7. The van der Waals surface area contributed by atoms with Crippen LogP contribution in [0, 0.1) is 23.2 Å². The molecule has 2 aromatic carbocycles. The molecule has 7 rings (SSSR count). The molecule has 6 bridgehead atoms. The Morgan fingerprint density at radius 3 is 2.65 bits per heavy atom. The van der Waals surface area contributed by atoms with E-state index in [1.54, 1.807) is 30.4 Å². The van der Waals surface area contributed by atoms with Crippen LogP contribution < -0.4 is 10.7 Å². The molecule has 5 heterocycles. The molecule has 2 fully saturated rings. The first-order valence-electron chi connectivity index (χ1n) is 22.5. The predicted octanol–water partition coefficient (Wildman–Crippen LogP) is 6.05. The van der Waals surface area contributed by atoms with E-state index < -0.39 is 23.3 Å². The number of nitrogens with zero attached hydrogens (tertiary/aromatic N) is 5. The number of amides is 2. The third kappa shape index (κ3) is 10.0. The summed E-state index contributed by atoms with van der Waals surface area (Å²) < 4.78 is 14.1. The standard InChI is InChI=1S/C49H67N7O6/c1-9-55-43-13-12-34-23-39(43)40(45(55)41-26-50-16-14-35(41)29-61-8)24-49(4,5)30-62-48(60)42-11-10-17-56(52-42)47(59)37(20-33-19-36(34)22-38(57)21-33)25-51-46(58)44(31(2)3)54(7)28-32-15-18-53(6)27-32/h12-14,16,19,21-23,26,31-32,37,42,44,52,57H,9-11,15,17-18,20,24-25,27-30H2,1-8H3,(H,51,58)/t32-,37+,42-,44-/m0/s1. The van der Waals surface area contributed by atoms with E-state index >= 15 is 0 Å². The van der Waals surface area contributed by atoms with Gasteiger partial charge in [-0.05, 0) is 130 Å². The molecule has 0 saturated carbocycles. The summed E-state index contributed by atoms with van der Waals surface area (Å²) in [6, 6.07) is 12.8. The minimum absolute atomic E-state index is 0.0502. The third-order valence-electron chi connectivity index (χ3n) is 13.0. The summed E-state index contributed by atoms with van der Waals surface area (Å²) in [5.74, 6) is -0.789. The number of phenols is 1. The lowest BCUT2D eigenvalue weighted by molar-refractivity contribution is -0.155. The van der Waals surface area contributed by atoms with Gasteiger partial charge < -0.3 is 29.4 Å². The van der Waals surface area contributed by atoms with Crippen LogP contribution in [-0.4, -0.2) is 120 Å². The Hall–Kier alpha value is -4.82. The van der Waals surface area contributed by atoms with Gasteiger partial charge in [-0.15, -0.1) is 0 Å². The number of carbonyl (C=O) groups is 3. The Labute approximate surface area is 367 Å². The third-order valence-corrected chi connectivity index (χ3v) is 13.0. The normalized spacial score (nSPS) is 21.6. The summed E-state index contributed by atoms with van der Waals surface area (Å²) in [6.07, 6.45) is 6.79. The molecule has 0 radical (unpaired) electrons. The number of nitrogens with one attached hydrogen (secondary N) is 2. The van der Waals surface area contributed by atoms with Crippen LogP contribution in [0.3, 0.4) is 0 Å². The average molecular weight is 850 g/mol. The van der Waals surface area contributed by atoms with Crippen LogP contribution in [0.5, 0.6) is 5.75 Å². The number of fused-ring (bicyclic) bond motifs is 6. The number of benzene rings is 2. The molecule has 13 heteroatoms. The second-order valence-corrected chi connectivity index (χ2v) is 19.1. The Morgan fingerprint density at radius 2 is 1.92 bits per heavy atom. The van der Waals surface area contributed by atoms with Crippen molar-refractivity contribution >= 4 is 28.7 Å². The van der Waals surface area contributed by atoms with E-state index in [4.69, 9.17) is 9.47 Å². The zero-order valence-corrected chi connectivity index (χ0v) is 38.0. The van der Waals surface area contributed by atoms with E-state index in [1.165, 1.54) is 0 Å². The fourth-order valence-corrected chi connectivity index (χ4v) is 10.1. The lowest BCUT2D eigenvalue weighted by Crippen LogP contribution is -2.58. The number of aromatic nitrogens is 2. The van der Waals surface area contributed by atoms with E-state index in [0.29, 0.717) is 44.9 Å². The zero-order chi connectivity index (χ0) is 44.3. The van der Waals surface area contributed by atoms with Crippen LogP contribution in [0.2, 0.25) is 0 Å². The van der Waals surface area contributed by atoms with E-state index in [9.17, 15) is 19.5 Å². The van der Waals surface area contributed by atoms with Gasteiger partial charge in [0.15, 0.2) is 0 Å². The number of aromatic hydroxyl groups is 1. The molecular formula is C49H67N7O6. The number of likely N-dealkylation sites (N-methyl/N-ethyl adjacent to an activating group) is 1. The molecule has 0 unspecified atom stereocenters. The highest BCUT2D eigenvalue weighted by Crippen LogP contribution is 2.41. The lowest BCUT2D eigenvalue weighted by atomic mass is 9.84. The zero-order valence-electron chi connectivity index (χ0n) is 38.0. The van der Waals surface area contributed by atoms with Gasteiger partial charge in [-0.2, -0.15) is 0 Å². The highest BCUT2D eigenvalue weighted by atomic mass is 16.5. The maximum atomic E-state index is 14.6. The fraction of sp³-hybridized carbons (Fsp3) is 0.551. The van der Waals surface area contributed by atoms with E-state index in [0.717, 1.165) is 76.0 Å². The van der Waals surface area contributed by atoms with E-state index in [1.807, 2.05) is 25.4 Å². The van der Waals surface area contributed by atoms with E-state index in [2.05, 4.69) is 90.0 Å². The van der Waals surface area contributed by atoms with Gasteiger partial charge in [0.1, 0.15) is 11.8 Å². The number of phenolic OH excluding ortho intramolecular Hbond substituents is 1. The number of esters is 1. The number of rotatable bonds is 11. The highest BCUT2D eigenvalue weighted by molar-refractivity contribution is 5.95. The molecule has 62 heavy (non-hydrogen) atoms. The maximum Gasteiger partial charge on any atom is 0.324 e. The smallest absolute Gasteiger partial charge is 0.324 e. The second-order valence-electron chi connectivity index (χ2n) is 19.1. The molecule has 3 aliphatic rings. The second kappa shape index (κ2) is 19.3. The van der Waals surface area contributed by atoms with Crippen molar-refractivity contribution in [3.63, 3.8) is 0 Å². The minimum atomic E-state index is -0.703. The predicted molar refractivity (Wildman–Crippen MR) is 242 cm³/mol. The number of hydrazine groups is 1. The number of ether oxygens (including phenoxy) is 2. The fourth-order valence-electron chi connectivity index (χ4n) is 10.1. The number of hydrogen-bond donors (Lipinski definition) is 3. The van der Waals surface area contributed by atoms with Crippen LogP contribution in [0.15, 0.2) is 54.9 Å². The van der Waals surface area contributed by atoms with Crippen molar-refractivity contribution in [1.82, 2.24) is 35.1 Å². The minimum Gasteiger partial charge on any atom is -0.508 e. The molecular weight excluding hydrogens is 783 g/mol. The van der Waals surface area contributed by atoms with Crippen molar-refractivity contribution in [2.24, 2.45) is 23.2 Å². The van der Waals surface area contributed by atoms with Crippen molar-refractivity contribution in [2.45, 2.75) is 92.0 Å². The van der Waals surface area contributed by atoms with Crippen molar-refractivity contribution in [3.8, 4) is 28.1 Å². The number of pyridine rings is 1. The van der Waals surface area contributed by atoms with Crippen molar-refractivity contribution in [2.75, 3.05) is 60.5 Å². The summed E-state index contributed by atoms with van der Waals surface area (Å²) in [5, 5.41) is 17.1. The first kappa shape index (κ1) is 45.2. The maximum absolute atomic E-state index is 14.6. The molecule has 0 spiro atoms. The van der Waals surface area contributed by atoms with Gasteiger partial charge in [0.05, 0.1) is 30.9 Å². The van der Waals surface area contributed by atoms with Crippen LogP contribution in [0.4, 0.5) is 0 Å². The molecule has 0 aliphatic carbocycles. The Bertz CT molecular complexity index is 2250. The number of likely N-dealkylation sites (tertiary alicyclic amines) is 1. The Kier molecular flexibility index (Phi) is 14.1. The van der Waals surface area contributed by atoms with Gasteiger partial charge in [-0.1, -0.05) is 39.8 Å². The topological polar surface area (TPSA) is 141 Å². The Balaban J connectivity index is 1.28. The molecule has 4 atom stereocenters. The van der Waals surface area contributed by atoms with E-state index in [-0.39, 0.29) is 49.1 Å². The van der Waals surface area contributed by atoms with Crippen LogP contribution >= 0.6 is 0 Å². The molecule has 2 amide bonds. The first-order valence-corrected chi connectivity index (χ1v) is 22.5. The quantitative estimate of drug-likeness (QED) is 0.153. The average Bonchev–Trinajstić information content (AvgIpc) is 3.79. The number of cyclic esters (lactones) is 1. The summed E-state index contributed by atoms with van der Waals surface area (Å²) >= 11 is 0. The van der Waals surface area contributed by atoms with Gasteiger partial charge in [-0.3, -0.25) is 29.3 Å². The van der Waals surface area contributed by atoms with Gasteiger partial charge in [-0.25, -0.2) is 5.43 Å². The van der Waals surface area contributed by atoms with Crippen molar-refractivity contribution in [1.29, 1.82) is 0 Å². The van der Waals surface area contributed by atoms with Gasteiger partial charge in [0, 0.05) is 74.1 Å². The van der Waals surface area contributed by atoms with Crippen molar-refractivity contribution in [3.05, 3.63) is 71.5 Å².